The third kappa shape index (κ3) is 1.51. The molecule has 1 aromatic carbocycles. The number of hydrogen-bond acceptors (Lipinski definition) is 3. The van der Waals surface area contributed by atoms with Crippen LogP contribution < -0.4 is 10.5 Å². The molecule has 5 nitrogen and oxygen atoms in total. The molecule has 0 bridgehead atoms. The van der Waals surface area contributed by atoms with E-state index >= 15 is 0 Å². The first-order valence-corrected chi connectivity index (χ1v) is 5.94. The molecule has 0 saturated carbocycles. The van der Waals surface area contributed by atoms with Crippen LogP contribution in [0.25, 0.3) is 11.0 Å². The molecule has 1 fully saturated rings. The summed E-state index contributed by atoms with van der Waals surface area (Å²) < 4.78 is 1.54. The molecule has 18 heavy (non-hydrogen) atoms. The third-order valence-electron chi connectivity index (χ3n) is 3.29. The number of para-hydroxylation sites is 2. The van der Waals surface area contributed by atoms with Gasteiger partial charge < -0.3 is 4.57 Å². The first-order valence-electron chi connectivity index (χ1n) is 5.94. The van der Waals surface area contributed by atoms with Crippen molar-refractivity contribution in [2.45, 2.75) is 12.8 Å². The molecule has 5 heteroatoms. The molecule has 0 aliphatic carbocycles. The van der Waals surface area contributed by atoms with Crippen molar-refractivity contribution in [3.63, 3.8) is 0 Å². The van der Waals surface area contributed by atoms with E-state index in [-0.39, 0.29) is 17.3 Å². The molecule has 1 aromatic heterocycles. The van der Waals surface area contributed by atoms with Crippen molar-refractivity contribution in [1.82, 2.24) is 9.55 Å². The normalized spacial score (nSPS) is 15.6. The molecule has 0 radical (unpaired) electrons. The number of rotatable bonds is 1. The summed E-state index contributed by atoms with van der Waals surface area (Å²) in [5.41, 5.74) is 1.29. The minimum atomic E-state index is -0.219. The monoisotopic (exact) mass is 243 g/mol. The van der Waals surface area contributed by atoms with Gasteiger partial charge in [0.1, 0.15) is 0 Å². The average Bonchev–Trinajstić information content (AvgIpc) is 2.80. The number of benzene rings is 1. The maximum Gasteiger partial charge on any atom is 0.294 e. The van der Waals surface area contributed by atoms with Crippen LogP contribution in [0.1, 0.15) is 12.8 Å². The van der Waals surface area contributed by atoms with E-state index < -0.39 is 0 Å². The van der Waals surface area contributed by atoms with Crippen molar-refractivity contribution in [2.24, 2.45) is 7.05 Å². The van der Waals surface area contributed by atoms with Gasteiger partial charge in [-0.2, -0.15) is 0 Å². The molecule has 1 amide bonds. The third-order valence-corrected chi connectivity index (χ3v) is 3.29. The maximum absolute atomic E-state index is 12.2. The summed E-state index contributed by atoms with van der Waals surface area (Å²) >= 11 is 0. The number of aryl methyl sites for hydroxylation is 1. The second-order valence-electron chi connectivity index (χ2n) is 4.44. The molecule has 3 rings (SSSR count). The van der Waals surface area contributed by atoms with Crippen LogP contribution >= 0.6 is 0 Å². The molecule has 1 aliphatic heterocycles. The summed E-state index contributed by atoms with van der Waals surface area (Å²) in [4.78, 5) is 29.8. The van der Waals surface area contributed by atoms with Crippen LogP contribution in [0, 0.1) is 0 Å². The lowest BCUT2D eigenvalue weighted by atomic mass is 10.3. The van der Waals surface area contributed by atoms with Gasteiger partial charge in [0.05, 0.1) is 11.0 Å². The molecule has 92 valence electrons. The van der Waals surface area contributed by atoms with Gasteiger partial charge in [0, 0.05) is 20.0 Å². The molecule has 1 saturated heterocycles. The fraction of sp³-hybridized carbons (Fsp3) is 0.308. The number of hydrogen-bond donors (Lipinski definition) is 0. The fourth-order valence-corrected chi connectivity index (χ4v) is 2.31. The fourth-order valence-electron chi connectivity index (χ4n) is 2.31. The molecule has 2 aromatic rings. The Hall–Kier alpha value is -2.17. The van der Waals surface area contributed by atoms with Crippen LogP contribution in [-0.4, -0.2) is 22.0 Å². The first-order chi connectivity index (χ1) is 8.68. The number of fused-ring (bicyclic) bond motifs is 1. The van der Waals surface area contributed by atoms with E-state index in [0.717, 1.165) is 17.5 Å². The number of amides is 1. The van der Waals surface area contributed by atoms with Crippen molar-refractivity contribution in [3.8, 4) is 0 Å². The Morgan fingerprint density at radius 2 is 2.00 bits per heavy atom. The zero-order chi connectivity index (χ0) is 12.7. The Balaban J connectivity index is 2.27. The molecular formula is C13H13N3O2. The van der Waals surface area contributed by atoms with Crippen molar-refractivity contribution in [3.05, 3.63) is 34.6 Å². The lowest BCUT2D eigenvalue weighted by Crippen LogP contribution is -2.33. The number of anilines is 1. The average molecular weight is 243 g/mol. The second-order valence-corrected chi connectivity index (χ2v) is 4.44. The molecular weight excluding hydrogens is 230 g/mol. The smallest absolute Gasteiger partial charge is 0.294 e. The quantitative estimate of drug-likeness (QED) is 0.752. The topological polar surface area (TPSA) is 55.2 Å². The van der Waals surface area contributed by atoms with Gasteiger partial charge in [0.15, 0.2) is 0 Å². The molecule has 0 N–H and O–H groups in total. The highest BCUT2D eigenvalue weighted by molar-refractivity contribution is 5.95. The highest BCUT2D eigenvalue weighted by atomic mass is 16.2. The van der Waals surface area contributed by atoms with Crippen molar-refractivity contribution in [2.75, 3.05) is 11.4 Å². The van der Waals surface area contributed by atoms with Gasteiger partial charge in [0.25, 0.3) is 5.56 Å². The van der Waals surface area contributed by atoms with Crippen LogP contribution in [0.15, 0.2) is 29.1 Å². The van der Waals surface area contributed by atoms with Crippen LogP contribution in [0.4, 0.5) is 5.82 Å². The summed E-state index contributed by atoms with van der Waals surface area (Å²) in [6, 6.07) is 7.43. The summed E-state index contributed by atoms with van der Waals surface area (Å²) in [5.74, 6) is 0.230. The number of nitrogens with zero attached hydrogens (tertiary/aromatic N) is 3. The maximum atomic E-state index is 12.2. The molecule has 0 unspecified atom stereocenters. The van der Waals surface area contributed by atoms with Crippen molar-refractivity contribution < 1.29 is 4.79 Å². The Labute approximate surface area is 104 Å². The molecule has 0 atom stereocenters. The predicted octanol–water partition coefficient (Wildman–Crippen LogP) is 1.06. The van der Waals surface area contributed by atoms with Gasteiger partial charge in [-0.3, -0.25) is 14.5 Å². The van der Waals surface area contributed by atoms with Gasteiger partial charge in [-0.1, -0.05) is 12.1 Å². The Morgan fingerprint density at radius 1 is 1.22 bits per heavy atom. The van der Waals surface area contributed by atoms with E-state index in [1.807, 2.05) is 24.3 Å². The molecule has 1 aliphatic rings. The largest absolute Gasteiger partial charge is 0.307 e. The number of carbonyl (C=O) groups is 1. The van der Waals surface area contributed by atoms with E-state index in [1.165, 1.54) is 4.90 Å². The van der Waals surface area contributed by atoms with E-state index in [2.05, 4.69) is 4.98 Å². The number of carbonyl (C=O) groups excluding carboxylic acids is 1. The van der Waals surface area contributed by atoms with Gasteiger partial charge in [-0.25, -0.2) is 4.98 Å². The number of aromatic nitrogens is 2. The van der Waals surface area contributed by atoms with Crippen LogP contribution in [0.5, 0.6) is 0 Å². The standard InChI is InChI=1S/C13H13N3O2/c1-15-10-6-3-2-5-9(10)14-12(13(15)18)16-8-4-7-11(16)17/h2-3,5-6H,4,7-8H2,1H3. The summed E-state index contributed by atoms with van der Waals surface area (Å²) in [5, 5.41) is 0. The minimum absolute atomic E-state index is 0.0186. The summed E-state index contributed by atoms with van der Waals surface area (Å²) in [7, 11) is 1.70. The van der Waals surface area contributed by atoms with Crippen molar-refractivity contribution >= 4 is 22.8 Å². The van der Waals surface area contributed by atoms with Crippen molar-refractivity contribution in [1.29, 1.82) is 0 Å². The first kappa shape index (κ1) is 11.0. The van der Waals surface area contributed by atoms with E-state index in [9.17, 15) is 9.59 Å². The zero-order valence-electron chi connectivity index (χ0n) is 10.1. The SMILES string of the molecule is Cn1c(=O)c(N2CCCC2=O)nc2ccccc21. The minimum Gasteiger partial charge on any atom is -0.307 e. The highest BCUT2D eigenvalue weighted by Gasteiger charge is 2.26. The van der Waals surface area contributed by atoms with Gasteiger partial charge in [-0.15, -0.1) is 0 Å². The predicted molar refractivity (Wildman–Crippen MR) is 68.6 cm³/mol. The lowest BCUT2D eigenvalue weighted by molar-refractivity contribution is -0.117. The summed E-state index contributed by atoms with van der Waals surface area (Å²) in [6.45, 7) is 0.583. The van der Waals surface area contributed by atoms with Crippen LogP contribution in [0.3, 0.4) is 0 Å². The van der Waals surface area contributed by atoms with E-state index in [4.69, 9.17) is 0 Å². The highest BCUT2D eigenvalue weighted by Crippen LogP contribution is 2.18. The molecule has 0 spiro atoms. The van der Waals surface area contributed by atoms with Crippen LogP contribution in [0.2, 0.25) is 0 Å². The lowest BCUT2D eigenvalue weighted by Gasteiger charge is -2.15. The second kappa shape index (κ2) is 3.94. The van der Waals surface area contributed by atoms with E-state index in [0.29, 0.717) is 13.0 Å². The Morgan fingerprint density at radius 3 is 2.72 bits per heavy atom. The summed E-state index contributed by atoms with van der Waals surface area (Å²) in [6.07, 6.45) is 1.29. The van der Waals surface area contributed by atoms with Gasteiger partial charge >= 0.3 is 0 Å². The zero-order valence-corrected chi connectivity index (χ0v) is 10.1. The van der Waals surface area contributed by atoms with Gasteiger partial charge in [-0.05, 0) is 18.6 Å². The van der Waals surface area contributed by atoms with Crippen LogP contribution in [-0.2, 0) is 11.8 Å². The Kier molecular flexibility index (Phi) is 2.40. The van der Waals surface area contributed by atoms with Gasteiger partial charge in [0.2, 0.25) is 11.7 Å². The van der Waals surface area contributed by atoms with E-state index in [1.54, 1.807) is 11.6 Å². The molecule has 2 heterocycles. The Bertz CT molecular complexity index is 690.